The molecule has 9 heteroatoms. The van der Waals surface area contributed by atoms with E-state index < -0.39 is 17.8 Å². The molecule has 1 atom stereocenters. The minimum Gasteiger partial charge on any atom is -0.485 e. The van der Waals surface area contributed by atoms with E-state index in [9.17, 15) is 18.8 Å². The third-order valence-corrected chi connectivity index (χ3v) is 5.35. The van der Waals surface area contributed by atoms with Crippen LogP contribution < -0.4 is 20.3 Å². The zero-order valence-electron chi connectivity index (χ0n) is 16.7. The average molecular weight is 427 g/mol. The van der Waals surface area contributed by atoms with Gasteiger partial charge >= 0.3 is 0 Å². The second-order valence-electron chi connectivity index (χ2n) is 7.42. The number of carbonyl (C=O) groups excluding carboxylic acids is 3. The van der Waals surface area contributed by atoms with Crippen molar-refractivity contribution >= 4 is 17.7 Å². The lowest BCUT2D eigenvalue weighted by Gasteiger charge is -2.31. The Hall–Kier alpha value is -3.62. The Morgan fingerprint density at radius 1 is 0.903 bits per heavy atom. The van der Waals surface area contributed by atoms with E-state index in [1.807, 2.05) is 0 Å². The Morgan fingerprint density at radius 2 is 1.55 bits per heavy atom. The van der Waals surface area contributed by atoms with E-state index in [0.717, 1.165) is 0 Å². The van der Waals surface area contributed by atoms with Crippen molar-refractivity contribution in [2.24, 2.45) is 5.92 Å². The van der Waals surface area contributed by atoms with Crippen LogP contribution in [0, 0.1) is 11.7 Å². The summed E-state index contributed by atoms with van der Waals surface area (Å²) in [5.74, 6) is -0.714. The molecule has 0 aromatic heterocycles. The molecular formula is C22H22FN3O5. The first-order valence-electron chi connectivity index (χ1n) is 10.0. The maximum absolute atomic E-state index is 13.0. The van der Waals surface area contributed by atoms with Crippen molar-refractivity contribution in [1.29, 1.82) is 0 Å². The van der Waals surface area contributed by atoms with E-state index in [0.29, 0.717) is 43.0 Å². The summed E-state index contributed by atoms with van der Waals surface area (Å²) in [5.41, 5.74) is 5.23. The predicted octanol–water partition coefficient (Wildman–Crippen LogP) is 1.67. The van der Waals surface area contributed by atoms with Crippen LogP contribution in [0.15, 0.2) is 48.5 Å². The molecule has 4 rings (SSSR count). The molecule has 2 aromatic rings. The molecule has 0 unspecified atom stereocenters. The van der Waals surface area contributed by atoms with Crippen LogP contribution in [0.4, 0.5) is 4.39 Å². The van der Waals surface area contributed by atoms with Gasteiger partial charge in [-0.2, -0.15) is 0 Å². The van der Waals surface area contributed by atoms with Crippen molar-refractivity contribution in [3.63, 3.8) is 0 Å². The number of nitrogens with one attached hydrogen (secondary N) is 2. The molecule has 0 saturated carbocycles. The lowest BCUT2D eigenvalue weighted by Crippen LogP contribution is -2.53. The SMILES string of the molecule is O=C(NNC(=O)[C@@H]1COc2ccccc2O1)C1CCN(C(=O)c2ccc(F)cc2)CC1. The Labute approximate surface area is 178 Å². The Balaban J connectivity index is 1.23. The number of piperidine rings is 1. The first-order chi connectivity index (χ1) is 15.0. The van der Waals surface area contributed by atoms with Gasteiger partial charge in [0.2, 0.25) is 12.0 Å². The highest BCUT2D eigenvalue weighted by molar-refractivity contribution is 5.94. The second kappa shape index (κ2) is 9.03. The van der Waals surface area contributed by atoms with Gasteiger partial charge in [-0.25, -0.2) is 4.39 Å². The molecule has 2 aromatic carbocycles. The van der Waals surface area contributed by atoms with E-state index in [1.54, 1.807) is 29.2 Å². The molecule has 2 aliphatic rings. The highest BCUT2D eigenvalue weighted by Crippen LogP contribution is 2.30. The largest absolute Gasteiger partial charge is 0.485 e. The lowest BCUT2D eigenvalue weighted by molar-refractivity contribution is -0.136. The van der Waals surface area contributed by atoms with Gasteiger partial charge in [-0.05, 0) is 49.2 Å². The fraction of sp³-hybridized carbons (Fsp3) is 0.318. The number of benzene rings is 2. The molecule has 0 aliphatic carbocycles. The number of rotatable bonds is 3. The molecule has 8 nitrogen and oxygen atoms in total. The predicted molar refractivity (Wildman–Crippen MR) is 108 cm³/mol. The number of halogens is 1. The van der Waals surface area contributed by atoms with E-state index in [2.05, 4.69) is 10.9 Å². The maximum Gasteiger partial charge on any atom is 0.283 e. The summed E-state index contributed by atoms with van der Waals surface area (Å²) in [6, 6.07) is 12.4. The molecule has 162 valence electrons. The Morgan fingerprint density at radius 3 is 2.26 bits per heavy atom. The first-order valence-corrected chi connectivity index (χ1v) is 10.0. The number of hydrogen-bond donors (Lipinski definition) is 2. The average Bonchev–Trinajstić information content (AvgIpc) is 2.82. The number of para-hydroxylation sites is 2. The monoisotopic (exact) mass is 427 g/mol. The Bertz CT molecular complexity index is 973. The molecule has 2 N–H and O–H groups in total. The standard InChI is InChI=1S/C22H22FN3O5/c23-16-7-5-15(6-8-16)22(29)26-11-9-14(10-12-26)20(27)24-25-21(28)19-13-30-17-3-1-2-4-18(17)31-19/h1-8,14,19H,9-13H2,(H,24,27)(H,25,28)/t19-/m0/s1. The number of fused-ring (bicyclic) bond motifs is 1. The minimum absolute atomic E-state index is 0.0442. The molecule has 0 bridgehead atoms. The van der Waals surface area contributed by atoms with Crippen molar-refractivity contribution in [3.8, 4) is 11.5 Å². The van der Waals surface area contributed by atoms with E-state index >= 15 is 0 Å². The number of hydrogen-bond acceptors (Lipinski definition) is 5. The fourth-order valence-electron chi connectivity index (χ4n) is 3.57. The van der Waals surface area contributed by atoms with E-state index in [-0.39, 0.29) is 24.3 Å². The summed E-state index contributed by atoms with van der Waals surface area (Å²) in [5, 5.41) is 0. The van der Waals surface area contributed by atoms with Crippen molar-refractivity contribution in [1.82, 2.24) is 15.8 Å². The van der Waals surface area contributed by atoms with Crippen molar-refractivity contribution in [2.75, 3.05) is 19.7 Å². The summed E-state index contributed by atoms with van der Waals surface area (Å²) >= 11 is 0. The van der Waals surface area contributed by atoms with Crippen LogP contribution >= 0.6 is 0 Å². The highest BCUT2D eigenvalue weighted by Gasteiger charge is 2.30. The summed E-state index contributed by atoms with van der Waals surface area (Å²) in [7, 11) is 0. The molecule has 3 amide bonds. The smallest absolute Gasteiger partial charge is 0.283 e. The van der Waals surface area contributed by atoms with Gasteiger partial charge in [0, 0.05) is 24.6 Å². The quantitative estimate of drug-likeness (QED) is 0.727. The number of amides is 3. The number of nitrogens with zero attached hydrogens (tertiary/aromatic N) is 1. The summed E-state index contributed by atoms with van der Waals surface area (Å²) in [4.78, 5) is 38.9. The van der Waals surface area contributed by atoms with Gasteiger partial charge in [0.05, 0.1) is 0 Å². The molecule has 0 spiro atoms. The summed E-state index contributed by atoms with van der Waals surface area (Å²) in [6.45, 7) is 0.847. The molecule has 1 saturated heterocycles. The normalized spacial score (nSPS) is 18.2. The van der Waals surface area contributed by atoms with Gasteiger partial charge in [-0.3, -0.25) is 25.2 Å². The van der Waals surface area contributed by atoms with Crippen LogP contribution in [0.25, 0.3) is 0 Å². The zero-order valence-corrected chi connectivity index (χ0v) is 16.7. The molecular weight excluding hydrogens is 405 g/mol. The van der Waals surface area contributed by atoms with Gasteiger partial charge < -0.3 is 14.4 Å². The van der Waals surface area contributed by atoms with Crippen molar-refractivity contribution in [2.45, 2.75) is 18.9 Å². The Kier molecular flexibility index (Phi) is 6.01. The van der Waals surface area contributed by atoms with Gasteiger partial charge in [-0.1, -0.05) is 12.1 Å². The maximum atomic E-state index is 13.0. The van der Waals surface area contributed by atoms with Crippen LogP contribution in [0.3, 0.4) is 0 Å². The third-order valence-electron chi connectivity index (χ3n) is 5.35. The van der Waals surface area contributed by atoms with E-state index in [1.165, 1.54) is 24.3 Å². The van der Waals surface area contributed by atoms with Crippen LogP contribution in [-0.2, 0) is 9.59 Å². The topological polar surface area (TPSA) is 97.0 Å². The lowest BCUT2D eigenvalue weighted by atomic mass is 9.95. The highest BCUT2D eigenvalue weighted by atomic mass is 19.1. The van der Waals surface area contributed by atoms with Crippen LogP contribution in [0.2, 0.25) is 0 Å². The molecule has 2 aliphatic heterocycles. The van der Waals surface area contributed by atoms with Gasteiger partial charge in [0.25, 0.3) is 11.8 Å². The summed E-state index contributed by atoms with van der Waals surface area (Å²) in [6.07, 6.45) is 0.0567. The number of ether oxygens (including phenoxy) is 2. The number of carbonyl (C=O) groups is 3. The van der Waals surface area contributed by atoms with Crippen LogP contribution in [0.5, 0.6) is 11.5 Å². The van der Waals surface area contributed by atoms with E-state index in [4.69, 9.17) is 9.47 Å². The van der Waals surface area contributed by atoms with Gasteiger partial charge in [0.1, 0.15) is 12.4 Å². The van der Waals surface area contributed by atoms with Gasteiger partial charge in [-0.15, -0.1) is 0 Å². The first kappa shape index (κ1) is 20.6. The fourth-order valence-corrected chi connectivity index (χ4v) is 3.57. The third kappa shape index (κ3) is 4.76. The molecule has 31 heavy (non-hydrogen) atoms. The van der Waals surface area contributed by atoms with Crippen LogP contribution in [-0.4, -0.2) is 48.4 Å². The zero-order chi connectivity index (χ0) is 21.8. The van der Waals surface area contributed by atoms with Gasteiger partial charge in [0.15, 0.2) is 11.5 Å². The summed E-state index contributed by atoms with van der Waals surface area (Å²) < 4.78 is 24.1. The van der Waals surface area contributed by atoms with Crippen molar-refractivity contribution in [3.05, 3.63) is 59.9 Å². The number of likely N-dealkylation sites (tertiary alicyclic amines) is 1. The second-order valence-corrected chi connectivity index (χ2v) is 7.42. The van der Waals surface area contributed by atoms with Crippen molar-refractivity contribution < 1.29 is 28.2 Å². The van der Waals surface area contributed by atoms with Crippen LogP contribution in [0.1, 0.15) is 23.2 Å². The minimum atomic E-state index is -0.870. The molecule has 1 fully saturated rings. The number of hydrazine groups is 1. The molecule has 0 radical (unpaired) electrons. The molecule has 2 heterocycles.